The van der Waals surface area contributed by atoms with Crippen LogP contribution in [0.2, 0.25) is 0 Å². The highest BCUT2D eigenvalue weighted by molar-refractivity contribution is 6.46. The number of benzene rings is 2. The number of aliphatic hydroxyl groups is 1. The maximum atomic E-state index is 13.7. The maximum Gasteiger partial charge on any atom is 0.295 e. The van der Waals surface area contributed by atoms with Crippen LogP contribution in [0, 0.1) is 5.82 Å². The first-order valence-corrected chi connectivity index (χ1v) is 11.5. The van der Waals surface area contributed by atoms with Crippen molar-refractivity contribution in [1.29, 1.82) is 0 Å². The molecule has 2 aliphatic rings. The summed E-state index contributed by atoms with van der Waals surface area (Å²) in [6, 6.07) is 9.99. The van der Waals surface area contributed by atoms with Crippen molar-refractivity contribution in [2.75, 3.05) is 20.3 Å². The van der Waals surface area contributed by atoms with E-state index in [1.807, 2.05) is 20.8 Å². The minimum atomic E-state index is -0.843. The number of Topliss-reactive ketones (excluding diaryl/α,β-unsaturated/α-hetero) is 1. The highest BCUT2D eigenvalue weighted by atomic mass is 19.1. The minimum Gasteiger partial charge on any atom is -0.507 e. The average molecular weight is 468 g/mol. The van der Waals surface area contributed by atoms with Crippen molar-refractivity contribution in [3.8, 4) is 5.75 Å². The molecule has 0 aliphatic carbocycles. The zero-order chi connectivity index (χ0) is 24.6. The van der Waals surface area contributed by atoms with Gasteiger partial charge in [0.25, 0.3) is 11.7 Å². The van der Waals surface area contributed by atoms with Gasteiger partial charge < -0.3 is 19.5 Å². The van der Waals surface area contributed by atoms with E-state index in [0.29, 0.717) is 23.5 Å². The van der Waals surface area contributed by atoms with Gasteiger partial charge >= 0.3 is 0 Å². The second kappa shape index (κ2) is 9.22. The Kier molecular flexibility index (Phi) is 6.49. The number of carbonyl (C=O) groups excluding carboxylic acids is 2. The number of rotatable bonds is 5. The van der Waals surface area contributed by atoms with Crippen LogP contribution >= 0.6 is 0 Å². The monoisotopic (exact) mass is 467 g/mol. The lowest BCUT2D eigenvalue weighted by Gasteiger charge is -2.27. The zero-order valence-corrected chi connectivity index (χ0v) is 19.9. The molecule has 0 spiro atoms. The molecule has 6 nitrogen and oxygen atoms in total. The molecule has 2 aromatic rings. The molecule has 1 N–H and O–H groups in total. The first kappa shape index (κ1) is 24.0. The fourth-order valence-corrected chi connectivity index (χ4v) is 4.66. The van der Waals surface area contributed by atoms with Gasteiger partial charge in [-0.25, -0.2) is 4.39 Å². The van der Waals surface area contributed by atoms with Gasteiger partial charge in [-0.15, -0.1) is 0 Å². The van der Waals surface area contributed by atoms with Crippen LogP contribution in [-0.4, -0.2) is 48.1 Å². The second-order valence-electron chi connectivity index (χ2n) is 9.80. The Morgan fingerprint density at radius 2 is 1.88 bits per heavy atom. The smallest absolute Gasteiger partial charge is 0.295 e. The van der Waals surface area contributed by atoms with E-state index in [1.54, 1.807) is 25.3 Å². The molecule has 0 radical (unpaired) electrons. The standard InChI is InChI=1S/C27H30FNO5/c1-27(2,3)20-14-17(9-12-21(20)33-4)24(30)22-23(16-7-10-18(28)11-8-16)29(26(32)25(22)31)15-19-6-5-13-34-19/h7-12,14,19,23,30H,5-6,13,15H2,1-4H3/b24-22-. The van der Waals surface area contributed by atoms with Crippen LogP contribution in [0.15, 0.2) is 48.0 Å². The van der Waals surface area contributed by atoms with Crippen molar-refractivity contribution in [2.45, 2.75) is 51.2 Å². The third-order valence-electron chi connectivity index (χ3n) is 6.43. The van der Waals surface area contributed by atoms with Crippen molar-refractivity contribution in [3.05, 3.63) is 70.5 Å². The number of halogens is 1. The molecule has 7 heteroatoms. The Labute approximate surface area is 199 Å². The quantitative estimate of drug-likeness (QED) is 0.391. The van der Waals surface area contributed by atoms with Crippen molar-refractivity contribution in [3.63, 3.8) is 0 Å². The Morgan fingerprint density at radius 3 is 2.47 bits per heavy atom. The summed E-state index contributed by atoms with van der Waals surface area (Å²) in [7, 11) is 1.58. The van der Waals surface area contributed by atoms with Crippen molar-refractivity contribution in [2.24, 2.45) is 0 Å². The van der Waals surface area contributed by atoms with E-state index in [2.05, 4.69) is 0 Å². The molecular weight excluding hydrogens is 437 g/mol. The molecule has 2 aromatic carbocycles. The highest BCUT2D eigenvalue weighted by Gasteiger charge is 2.47. The lowest BCUT2D eigenvalue weighted by Crippen LogP contribution is -2.36. The maximum absolute atomic E-state index is 13.7. The van der Waals surface area contributed by atoms with Gasteiger partial charge in [0.05, 0.1) is 24.8 Å². The lowest BCUT2D eigenvalue weighted by atomic mass is 9.84. The van der Waals surface area contributed by atoms with E-state index < -0.39 is 23.5 Å². The number of hydrogen-bond acceptors (Lipinski definition) is 5. The largest absolute Gasteiger partial charge is 0.507 e. The topological polar surface area (TPSA) is 76.1 Å². The van der Waals surface area contributed by atoms with E-state index in [9.17, 15) is 19.1 Å². The molecule has 2 aliphatic heterocycles. The SMILES string of the molecule is COc1ccc(/C(O)=C2/C(=O)C(=O)N(CC3CCCO3)C2c2ccc(F)cc2)cc1C(C)(C)C. The minimum absolute atomic E-state index is 0.0142. The molecule has 1 amide bonds. The van der Waals surface area contributed by atoms with E-state index in [-0.39, 0.29) is 29.4 Å². The number of ketones is 1. The Bertz CT molecular complexity index is 1130. The molecule has 2 fully saturated rings. The third-order valence-corrected chi connectivity index (χ3v) is 6.43. The molecule has 2 saturated heterocycles. The van der Waals surface area contributed by atoms with Crippen LogP contribution in [0.5, 0.6) is 5.75 Å². The molecule has 2 atom stereocenters. The number of nitrogens with zero attached hydrogens (tertiary/aromatic N) is 1. The summed E-state index contributed by atoms with van der Waals surface area (Å²) in [5.41, 5.74) is 1.51. The Balaban J connectivity index is 1.85. The Morgan fingerprint density at radius 1 is 1.18 bits per heavy atom. The van der Waals surface area contributed by atoms with Gasteiger partial charge in [-0.3, -0.25) is 9.59 Å². The number of hydrogen-bond donors (Lipinski definition) is 1. The fourth-order valence-electron chi connectivity index (χ4n) is 4.66. The third kappa shape index (κ3) is 4.44. The van der Waals surface area contributed by atoms with Gasteiger partial charge in [0.2, 0.25) is 0 Å². The van der Waals surface area contributed by atoms with Gasteiger partial charge in [0, 0.05) is 24.3 Å². The van der Waals surface area contributed by atoms with Crippen LogP contribution in [0.25, 0.3) is 5.76 Å². The first-order chi connectivity index (χ1) is 16.1. The molecule has 180 valence electrons. The lowest BCUT2D eigenvalue weighted by molar-refractivity contribution is -0.140. The fraction of sp³-hybridized carbons (Fsp3) is 0.407. The van der Waals surface area contributed by atoms with E-state index >= 15 is 0 Å². The number of aliphatic hydroxyl groups excluding tert-OH is 1. The van der Waals surface area contributed by atoms with Crippen LogP contribution < -0.4 is 4.74 Å². The molecule has 2 unspecified atom stereocenters. The van der Waals surface area contributed by atoms with Crippen LogP contribution in [0.3, 0.4) is 0 Å². The zero-order valence-electron chi connectivity index (χ0n) is 19.9. The summed E-state index contributed by atoms with van der Waals surface area (Å²) in [6.07, 6.45) is 1.48. The molecule has 34 heavy (non-hydrogen) atoms. The summed E-state index contributed by atoms with van der Waals surface area (Å²) in [5, 5.41) is 11.4. The normalized spacial score (nSPS) is 22.4. The first-order valence-electron chi connectivity index (χ1n) is 11.5. The van der Waals surface area contributed by atoms with Gasteiger partial charge in [0.1, 0.15) is 17.3 Å². The summed E-state index contributed by atoms with van der Waals surface area (Å²) in [5.74, 6) is -1.49. The van der Waals surface area contributed by atoms with E-state index in [0.717, 1.165) is 18.4 Å². The summed E-state index contributed by atoms with van der Waals surface area (Å²) in [6.45, 7) is 6.89. The van der Waals surface area contributed by atoms with Crippen LogP contribution in [-0.2, 0) is 19.7 Å². The van der Waals surface area contributed by atoms with E-state index in [4.69, 9.17) is 9.47 Å². The van der Waals surface area contributed by atoms with Crippen molar-refractivity contribution < 1.29 is 28.6 Å². The molecule has 4 rings (SSSR count). The summed E-state index contributed by atoms with van der Waals surface area (Å²) >= 11 is 0. The second-order valence-corrected chi connectivity index (χ2v) is 9.80. The predicted octanol–water partition coefficient (Wildman–Crippen LogP) is 4.73. The number of carbonyl (C=O) groups is 2. The molecular formula is C27H30FNO5. The summed E-state index contributed by atoms with van der Waals surface area (Å²) in [4.78, 5) is 27.7. The average Bonchev–Trinajstić information content (AvgIpc) is 3.40. The van der Waals surface area contributed by atoms with Gasteiger partial charge in [-0.05, 0) is 54.2 Å². The molecule has 0 bridgehead atoms. The number of methoxy groups -OCH3 is 1. The van der Waals surface area contributed by atoms with Crippen LogP contribution in [0.1, 0.15) is 56.3 Å². The predicted molar refractivity (Wildman–Crippen MR) is 126 cm³/mol. The summed E-state index contributed by atoms with van der Waals surface area (Å²) < 4.78 is 24.8. The van der Waals surface area contributed by atoms with Crippen molar-refractivity contribution in [1.82, 2.24) is 4.90 Å². The van der Waals surface area contributed by atoms with Gasteiger partial charge in [0.15, 0.2) is 0 Å². The molecule has 0 saturated carbocycles. The number of ether oxygens (including phenoxy) is 2. The molecule has 0 aromatic heterocycles. The van der Waals surface area contributed by atoms with Gasteiger partial charge in [-0.2, -0.15) is 0 Å². The Hall–Kier alpha value is -3.19. The van der Waals surface area contributed by atoms with Gasteiger partial charge in [-0.1, -0.05) is 32.9 Å². The molecule has 2 heterocycles. The van der Waals surface area contributed by atoms with Crippen molar-refractivity contribution >= 4 is 17.4 Å². The highest BCUT2D eigenvalue weighted by Crippen LogP contribution is 2.41. The number of likely N-dealkylation sites (tertiary alicyclic amines) is 1. The van der Waals surface area contributed by atoms with E-state index in [1.165, 1.54) is 29.2 Å². The number of amides is 1. The van der Waals surface area contributed by atoms with Crippen LogP contribution in [0.4, 0.5) is 4.39 Å².